The van der Waals surface area contributed by atoms with Crippen molar-refractivity contribution in [3.63, 3.8) is 0 Å². The quantitative estimate of drug-likeness (QED) is 0.291. The predicted molar refractivity (Wildman–Crippen MR) is 152 cm³/mol. The zero-order valence-corrected chi connectivity index (χ0v) is 21.8. The molecule has 3 aromatic carbocycles. The number of aryl methyl sites for hydroxylation is 2. The van der Waals surface area contributed by atoms with Crippen molar-refractivity contribution in [2.45, 2.75) is 18.9 Å². The van der Waals surface area contributed by atoms with Gasteiger partial charge in [0.1, 0.15) is 11.7 Å². The van der Waals surface area contributed by atoms with Gasteiger partial charge < -0.3 is 10.6 Å². The molecule has 0 saturated carbocycles. The minimum absolute atomic E-state index is 0.320. The average Bonchev–Trinajstić information content (AvgIpc) is 3.40. The maximum absolute atomic E-state index is 14.0. The average molecular weight is 516 g/mol. The molecule has 2 heterocycles. The molecule has 2 aromatic heterocycles. The van der Waals surface area contributed by atoms with E-state index in [0.717, 1.165) is 27.8 Å². The third-order valence-electron chi connectivity index (χ3n) is 6.76. The van der Waals surface area contributed by atoms with Crippen LogP contribution in [0.15, 0.2) is 116 Å². The molecule has 0 fully saturated rings. The van der Waals surface area contributed by atoms with Gasteiger partial charge in [-0.1, -0.05) is 66.7 Å². The number of aromatic nitrogens is 3. The molecule has 7 heteroatoms. The standard InChI is InChI=1S/C32H29N5O2/c1-22-21-26(13-14-27(22)23-15-18-33-19-16-23)35-32(39)30(36-31(38)28-17-20-34-37(28)2)29(24-9-5-3-6-10-24)25-11-7-4-8-12-25/h3-21,29-30H,1-2H3,(H,35,39)(H,36,38). The Hall–Kier alpha value is -5.04. The summed E-state index contributed by atoms with van der Waals surface area (Å²) in [6, 6.07) is 29.9. The van der Waals surface area contributed by atoms with E-state index in [9.17, 15) is 9.59 Å². The molecular weight excluding hydrogens is 486 g/mol. The number of carbonyl (C=O) groups excluding carboxylic acids is 2. The molecule has 0 aliphatic rings. The van der Waals surface area contributed by atoms with Gasteiger partial charge in [-0.05, 0) is 65.1 Å². The highest BCUT2D eigenvalue weighted by atomic mass is 16.2. The number of pyridine rings is 1. The van der Waals surface area contributed by atoms with E-state index in [1.807, 2.05) is 97.9 Å². The fourth-order valence-electron chi connectivity index (χ4n) is 4.83. The van der Waals surface area contributed by atoms with Gasteiger partial charge in [0.25, 0.3) is 5.91 Å². The topological polar surface area (TPSA) is 88.9 Å². The van der Waals surface area contributed by atoms with Crippen LogP contribution in [-0.2, 0) is 11.8 Å². The third kappa shape index (κ3) is 5.78. The molecule has 5 aromatic rings. The number of rotatable bonds is 8. The summed E-state index contributed by atoms with van der Waals surface area (Å²) >= 11 is 0. The molecule has 0 spiro atoms. The summed E-state index contributed by atoms with van der Waals surface area (Å²) < 4.78 is 1.49. The maximum atomic E-state index is 14.0. The van der Waals surface area contributed by atoms with E-state index < -0.39 is 12.0 Å². The lowest BCUT2D eigenvalue weighted by molar-refractivity contribution is -0.118. The number of carbonyl (C=O) groups is 2. The van der Waals surface area contributed by atoms with Crippen molar-refractivity contribution < 1.29 is 9.59 Å². The first-order valence-corrected chi connectivity index (χ1v) is 12.7. The molecule has 7 nitrogen and oxygen atoms in total. The van der Waals surface area contributed by atoms with Gasteiger partial charge in [-0.2, -0.15) is 5.10 Å². The van der Waals surface area contributed by atoms with E-state index >= 15 is 0 Å². The van der Waals surface area contributed by atoms with Crippen LogP contribution in [0.2, 0.25) is 0 Å². The van der Waals surface area contributed by atoms with Crippen LogP contribution in [0.5, 0.6) is 0 Å². The number of hydrogen-bond donors (Lipinski definition) is 2. The SMILES string of the molecule is Cc1cc(NC(=O)C(NC(=O)c2ccnn2C)C(c2ccccc2)c2ccccc2)ccc1-c1ccncc1. The molecule has 194 valence electrons. The smallest absolute Gasteiger partial charge is 0.270 e. The highest BCUT2D eigenvalue weighted by molar-refractivity contribution is 6.01. The molecule has 0 bridgehead atoms. The summed E-state index contributed by atoms with van der Waals surface area (Å²) in [6.45, 7) is 2.00. The number of anilines is 1. The van der Waals surface area contributed by atoms with Crippen molar-refractivity contribution in [1.82, 2.24) is 20.1 Å². The minimum Gasteiger partial charge on any atom is -0.338 e. The van der Waals surface area contributed by atoms with Crippen LogP contribution in [0, 0.1) is 6.92 Å². The van der Waals surface area contributed by atoms with Gasteiger partial charge in [0.05, 0.1) is 0 Å². The molecule has 0 radical (unpaired) electrons. The number of nitrogens with zero attached hydrogens (tertiary/aromatic N) is 3. The molecule has 1 atom stereocenters. The first kappa shape index (κ1) is 25.6. The van der Waals surface area contributed by atoms with Crippen LogP contribution >= 0.6 is 0 Å². The Morgan fingerprint density at radius 3 is 2.00 bits per heavy atom. The Morgan fingerprint density at radius 1 is 0.795 bits per heavy atom. The summed E-state index contributed by atoms with van der Waals surface area (Å²) in [5.74, 6) is -1.13. The minimum atomic E-state index is -0.905. The van der Waals surface area contributed by atoms with Crippen molar-refractivity contribution >= 4 is 17.5 Å². The summed E-state index contributed by atoms with van der Waals surface area (Å²) in [7, 11) is 1.70. The Bertz CT molecular complexity index is 1530. The van der Waals surface area contributed by atoms with Crippen molar-refractivity contribution in [2.24, 2.45) is 7.05 Å². The number of nitrogens with one attached hydrogen (secondary N) is 2. The van der Waals surface area contributed by atoms with Gasteiger partial charge >= 0.3 is 0 Å². The van der Waals surface area contributed by atoms with Crippen LogP contribution in [0.25, 0.3) is 11.1 Å². The van der Waals surface area contributed by atoms with Gasteiger partial charge in [-0.25, -0.2) is 0 Å². The number of amides is 2. The second-order valence-electron chi connectivity index (χ2n) is 9.35. The van der Waals surface area contributed by atoms with E-state index in [1.54, 1.807) is 31.7 Å². The summed E-state index contributed by atoms with van der Waals surface area (Å²) in [4.78, 5) is 31.5. The highest BCUT2D eigenvalue weighted by Crippen LogP contribution is 2.30. The third-order valence-corrected chi connectivity index (χ3v) is 6.76. The molecule has 5 rings (SSSR count). The van der Waals surface area contributed by atoms with Crippen LogP contribution in [0.4, 0.5) is 5.69 Å². The van der Waals surface area contributed by atoms with E-state index in [0.29, 0.717) is 11.4 Å². The first-order chi connectivity index (χ1) is 19.0. The van der Waals surface area contributed by atoms with Crippen LogP contribution in [-0.4, -0.2) is 32.6 Å². The zero-order chi connectivity index (χ0) is 27.2. The molecule has 1 unspecified atom stereocenters. The second kappa shape index (κ2) is 11.6. The van der Waals surface area contributed by atoms with Crippen molar-refractivity contribution in [3.8, 4) is 11.1 Å². The summed E-state index contributed by atoms with van der Waals surface area (Å²) in [5, 5.41) is 10.2. The normalized spacial score (nSPS) is 11.7. The monoisotopic (exact) mass is 515 g/mol. The summed E-state index contributed by atoms with van der Waals surface area (Å²) in [5.41, 5.74) is 5.96. The van der Waals surface area contributed by atoms with Crippen LogP contribution < -0.4 is 10.6 Å². The zero-order valence-electron chi connectivity index (χ0n) is 21.8. The van der Waals surface area contributed by atoms with Crippen molar-refractivity contribution in [2.75, 3.05) is 5.32 Å². The molecule has 39 heavy (non-hydrogen) atoms. The van der Waals surface area contributed by atoms with Gasteiger partial charge in [-0.3, -0.25) is 19.3 Å². The predicted octanol–water partition coefficient (Wildman–Crippen LogP) is 5.36. The number of hydrogen-bond acceptors (Lipinski definition) is 4. The van der Waals surface area contributed by atoms with Gasteiger partial charge in [-0.15, -0.1) is 0 Å². The number of benzene rings is 3. The summed E-state index contributed by atoms with van der Waals surface area (Å²) in [6.07, 6.45) is 5.07. The Labute approximate surface area is 227 Å². The Kier molecular flexibility index (Phi) is 7.59. The van der Waals surface area contributed by atoms with Crippen LogP contribution in [0.1, 0.15) is 33.1 Å². The molecular formula is C32H29N5O2. The van der Waals surface area contributed by atoms with Crippen molar-refractivity contribution in [3.05, 3.63) is 138 Å². The lowest BCUT2D eigenvalue weighted by Gasteiger charge is -2.28. The second-order valence-corrected chi connectivity index (χ2v) is 9.35. The molecule has 2 N–H and O–H groups in total. The lowest BCUT2D eigenvalue weighted by atomic mass is 9.84. The van der Waals surface area contributed by atoms with Gasteiger partial charge in [0.15, 0.2) is 0 Å². The van der Waals surface area contributed by atoms with E-state index in [-0.39, 0.29) is 11.8 Å². The molecule has 2 amide bonds. The van der Waals surface area contributed by atoms with Crippen molar-refractivity contribution in [1.29, 1.82) is 0 Å². The maximum Gasteiger partial charge on any atom is 0.270 e. The first-order valence-electron chi connectivity index (χ1n) is 12.7. The highest BCUT2D eigenvalue weighted by Gasteiger charge is 2.33. The van der Waals surface area contributed by atoms with E-state index in [2.05, 4.69) is 20.7 Å². The lowest BCUT2D eigenvalue weighted by Crippen LogP contribution is -2.48. The fraction of sp³-hybridized carbons (Fsp3) is 0.125. The largest absolute Gasteiger partial charge is 0.338 e. The van der Waals surface area contributed by atoms with E-state index in [4.69, 9.17) is 0 Å². The Balaban J connectivity index is 1.51. The fourth-order valence-corrected chi connectivity index (χ4v) is 4.83. The van der Waals surface area contributed by atoms with E-state index in [1.165, 1.54) is 4.68 Å². The molecule has 0 aliphatic carbocycles. The van der Waals surface area contributed by atoms with Gasteiger partial charge in [0, 0.05) is 37.2 Å². The van der Waals surface area contributed by atoms with Gasteiger partial charge in [0.2, 0.25) is 5.91 Å². The Morgan fingerprint density at radius 2 is 1.44 bits per heavy atom. The molecule has 0 saturated heterocycles. The molecule has 0 aliphatic heterocycles. The van der Waals surface area contributed by atoms with Crippen LogP contribution in [0.3, 0.4) is 0 Å².